The predicted molar refractivity (Wildman–Crippen MR) is 83.7 cm³/mol. The third kappa shape index (κ3) is 3.71. The molecule has 6 nitrogen and oxygen atoms in total. The van der Waals surface area contributed by atoms with Crippen molar-refractivity contribution in [2.75, 3.05) is 11.9 Å². The Hall–Kier alpha value is -2.11. The van der Waals surface area contributed by atoms with Gasteiger partial charge in [0, 0.05) is 19.2 Å². The minimum atomic E-state index is -0.0991. The number of rotatable bonds is 7. The van der Waals surface area contributed by atoms with Crippen molar-refractivity contribution in [3.05, 3.63) is 40.1 Å². The van der Waals surface area contributed by atoms with Gasteiger partial charge in [0.2, 0.25) is 0 Å². The van der Waals surface area contributed by atoms with Gasteiger partial charge in [-0.2, -0.15) is 10.2 Å². The smallest absolute Gasteiger partial charge is 0.269 e. The van der Waals surface area contributed by atoms with Crippen molar-refractivity contribution in [1.82, 2.24) is 19.6 Å². The highest BCUT2D eigenvalue weighted by molar-refractivity contribution is 5.38. The molecule has 1 N–H and O–H groups in total. The molecule has 0 aliphatic rings. The first-order valence-electron chi connectivity index (χ1n) is 7.54. The topological polar surface area (TPSA) is 64.7 Å². The molecule has 0 saturated heterocycles. The van der Waals surface area contributed by atoms with E-state index in [0.29, 0.717) is 6.54 Å². The number of hydrogen-bond acceptors (Lipinski definition) is 4. The Morgan fingerprint density at radius 3 is 2.62 bits per heavy atom. The summed E-state index contributed by atoms with van der Waals surface area (Å²) in [5.74, 6) is 0. The average molecular weight is 289 g/mol. The van der Waals surface area contributed by atoms with Gasteiger partial charge in [-0.1, -0.05) is 13.8 Å². The van der Waals surface area contributed by atoms with Crippen molar-refractivity contribution in [3.63, 3.8) is 0 Å². The van der Waals surface area contributed by atoms with E-state index in [4.69, 9.17) is 0 Å². The first-order chi connectivity index (χ1) is 10.2. The largest absolute Gasteiger partial charge is 0.384 e. The van der Waals surface area contributed by atoms with Crippen molar-refractivity contribution in [2.24, 2.45) is 0 Å². The van der Waals surface area contributed by atoms with Gasteiger partial charge in [0.25, 0.3) is 5.56 Å². The van der Waals surface area contributed by atoms with Gasteiger partial charge in [0.1, 0.15) is 0 Å². The van der Waals surface area contributed by atoms with Gasteiger partial charge in [-0.05, 0) is 25.8 Å². The molecule has 2 rings (SSSR count). The number of nitrogens with one attached hydrogen (secondary N) is 1. The van der Waals surface area contributed by atoms with Crippen LogP contribution in [0.3, 0.4) is 0 Å². The maximum Gasteiger partial charge on any atom is 0.269 e. The van der Waals surface area contributed by atoms with Crippen LogP contribution in [0.4, 0.5) is 5.69 Å². The molecule has 0 amide bonds. The van der Waals surface area contributed by atoms with Crippen molar-refractivity contribution in [2.45, 2.75) is 46.7 Å². The van der Waals surface area contributed by atoms with E-state index in [0.717, 1.165) is 43.0 Å². The van der Waals surface area contributed by atoms with Crippen LogP contribution in [0.25, 0.3) is 0 Å². The van der Waals surface area contributed by atoms with E-state index in [1.807, 2.05) is 17.7 Å². The van der Waals surface area contributed by atoms with Gasteiger partial charge in [-0.25, -0.2) is 4.68 Å². The molecule has 0 saturated carbocycles. The Morgan fingerprint density at radius 1 is 1.19 bits per heavy atom. The van der Waals surface area contributed by atoms with Crippen molar-refractivity contribution >= 4 is 5.69 Å². The molecule has 0 spiro atoms. The zero-order valence-electron chi connectivity index (χ0n) is 13.0. The lowest BCUT2D eigenvalue weighted by atomic mass is 10.3. The van der Waals surface area contributed by atoms with E-state index < -0.39 is 0 Å². The van der Waals surface area contributed by atoms with Crippen LogP contribution < -0.4 is 10.9 Å². The fourth-order valence-corrected chi connectivity index (χ4v) is 2.16. The quantitative estimate of drug-likeness (QED) is 0.845. The maximum atomic E-state index is 12.1. The highest BCUT2D eigenvalue weighted by Gasteiger charge is 2.08. The van der Waals surface area contributed by atoms with Crippen LogP contribution >= 0.6 is 0 Å². The van der Waals surface area contributed by atoms with E-state index in [9.17, 15) is 4.79 Å². The minimum absolute atomic E-state index is 0.0991. The Kier molecular flexibility index (Phi) is 5.14. The summed E-state index contributed by atoms with van der Waals surface area (Å²) in [6, 6.07) is 3.64. The van der Waals surface area contributed by atoms with Gasteiger partial charge in [0.15, 0.2) is 0 Å². The van der Waals surface area contributed by atoms with Gasteiger partial charge >= 0.3 is 0 Å². The predicted octanol–water partition coefficient (Wildman–Crippen LogP) is 1.89. The van der Waals surface area contributed by atoms with E-state index in [2.05, 4.69) is 29.4 Å². The Morgan fingerprint density at radius 2 is 2.00 bits per heavy atom. The monoisotopic (exact) mass is 289 g/mol. The summed E-state index contributed by atoms with van der Waals surface area (Å²) in [6.45, 7) is 8.29. The first kappa shape index (κ1) is 15.3. The average Bonchev–Trinajstić information content (AvgIpc) is 2.90. The maximum absolute atomic E-state index is 12.1. The summed E-state index contributed by atoms with van der Waals surface area (Å²) in [7, 11) is 0. The Labute approximate surface area is 124 Å². The zero-order valence-corrected chi connectivity index (χ0v) is 13.0. The zero-order chi connectivity index (χ0) is 15.2. The lowest BCUT2D eigenvalue weighted by molar-refractivity contribution is 0.558. The van der Waals surface area contributed by atoms with Crippen molar-refractivity contribution < 1.29 is 0 Å². The van der Waals surface area contributed by atoms with E-state index in [1.165, 1.54) is 4.68 Å². The molecule has 2 aromatic rings. The van der Waals surface area contributed by atoms with Gasteiger partial charge in [0.05, 0.1) is 29.8 Å². The van der Waals surface area contributed by atoms with Crippen molar-refractivity contribution in [1.29, 1.82) is 0 Å². The Bertz CT molecular complexity index is 644. The SMILES string of the molecule is CCCNc1cnn(Cc2cc(CC)nn2CC)c(=O)c1. The van der Waals surface area contributed by atoms with Gasteiger partial charge < -0.3 is 5.32 Å². The van der Waals surface area contributed by atoms with Crippen molar-refractivity contribution in [3.8, 4) is 0 Å². The molecule has 0 bridgehead atoms. The second-order valence-electron chi connectivity index (χ2n) is 4.96. The van der Waals surface area contributed by atoms with Crippen LogP contribution in [-0.4, -0.2) is 26.1 Å². The minimum Gasteiger partial charge on any atom is -0.384 e. The number of hydrogen-bond donors (Lipinski definition) is 1. The Balaban J connectivity index is 2.19. The van der Waals surface area contributed by atoms with Crippen LogP contribution in [-0.2, 0) is 19.5 Å². The summed E-state index contributed by atoms with van der Waals surface area (Å²) < 4.78 is 3.40. The molecule has 21 heavy (non-hydrogen) atoms. The molecule has 114 valence electrons. The second kappa shape index (κ2) is 7.06. The number of nitrogens with zero attached hydrogens (tertiary/aromatic N) is 4. The molecule has 0 aliphatic heterocycles. The standard InChI is InChI=1S/C15H23N5O/c1-4-7-16-13-9-15(21)20(17-10-13)11-14-8-12(5-2)18-19(14)6-3/h8-10,16H,4-7,11H2,1-3H3. The van der Waals surface area contributed by atoms with Gasteiger partial charge in [-0.15, -0.1) is 0 Å². The molecule has 0 atom stereocenters. The lowest BCUT2D eigenvalue weighted by Crippen LogP contribution is -2.24. The molecule has 2 aromatic heterocycles. The summed E-state index contributed by atoms with van der Waals surface area (Å²) in [6.07, 6.45) is 3.60. The van der Waals surface area contributed by atoms with E-state index >= 15 is 0 Å². The first-order valence-corrected chi connectivity index (χ1v) is 7.54. The summed E-state index contributed by atoms with van der Waals surface area (Å²) >= 11 is 0. The van der Waals surface area contributed by atoms with Crippen LogP contribution in [0.1, 0.15) is 38.6 Å². The normalized spacial score (nSPS) is 10.8. The number of aryl methyl sites for hydroxylation is 2. The van der Waals surface area contributed by atoms with Crippen LogP contribution in [0.2, 0.25) is 0 Å². The molecular weight excluding hydrogens is 266 g/mol. The third-order valence-corrected chi connectivity index (χ3v) is 3.34. The van der Waals surface area contributed by atoms with Crippen LogP contribution in [0.5, 0.6) is 0 Å². The second-order valence-corrected chi connectivity index (χ2v) is 4.96. The molecule has 2 heterocycles. The molecule has 0 fully saturated rings. The number of aromatic nitrogens is 4. The molecule has 0 aliphatic carbocycles. The summed E-state index contributed by atoms with van der Waals surface area (Å²) in [5.41, 5.74) is 2.73. The number of anilines is 1. The molecule has 0 unspecified atom stereocenters. The van der Waals surface area contributed by atoms with E-state index in [-0.39, 0.29) is 5.56 Å². The fourth-order valence-electron chi connectivity index (χ4n) is 2.16. The highest BCUT2D eigenvalue weighted by Crippen LogP contribution is 2.07. The molecular formula is C15H23N5O. The summed E-state index contributed by atoms with van der Waals surface area (Å²) in [5, 5.41) is 11.9. The van der Waals surface area contributed by atoms with E-state index in [1.54, 1.807) is 12.3 Å². The molecule has 6 heteroatoms. The fraction of sp³-hybridized carbons (Fsp3) is 0.533. The third-order valence-electron chi connectivity index (χ3n) is 3.34. The molecule has 0 aromatic carbocycles. The van der Waals surface area contributed by atoms with Crippen LogP contribution in [0.15, 0.2) is 23.1 Å². The van der Waals surface area contributed by atoms with Crippen LogP contribution in [0, 0.1) is 0 Å². The molecule has 0 radical (unpaired) electrons. The highest BCUT2D eigenvalue weighted by atomic mass is 16.1. The van der Waals surface area contributed by atoms with Gasteiger partial charge in [-0.3, -0.25) is 9.48 Å². The summed E-state index contributed by atoms with van der Waals surface area (Å²) in [4.78, 5) is 12.1. The lowest BCUT2D eigenvalue weighted by Gasteiger charge is -2.08.